The van der Waals surface area contributed by atoms with E-state index in [1.165, 1.54) is 5.56 Å². The van der Waals surface area contributed by atoms with Gasteiger partial charge in [0.2, 0.25) is 0 Å². The molecule has 0 heterocycles. The Morgan fingerprint density at radius 2 is 2.36 bits per heavy atom. The highest BCUT2D eigenvalue weighted by atomic mass is 16.3. The summed E-state index contributed by atoms with van der Waals surface area (Å²) in [6.07, 6.45) is 2.11. The molecule has 3 heteroatoms. The van der Waals surface area contributed by atoms with Crippen LogP contribution in [0.5, 0.6) is 5.75 Å². The van der Waals surface area contributed by atoms with E-state index in [2.05, 4.69) is 11.4 Å². The molecular weight excluding hydrogens is 176 g/mol. The maximum absolute atomic E-state index is 9.73. The fraction of sp³-hybridized carbons (Fsp3) is 0.455. The van der Waals surface area contributed by atoms with Crippen LogP contribution in [0.3, 0.4) is 0 Å². The summed E-state index contributed by atoms with van der Waals surface area (Å²) >= 11 is 0. The molecule has 2 rings (SSSR count). The number of aryl methyl sites for hydroxylation is 1. The number of fused-ring (bicyclic) bond motifs is 1. The molecule has 1 aromatic carbocycles. The summed E-state index contributed by atoms with van der Waals surface area (Å²) in [4.78, 5) is 0. The van der Waals surface area contributed by atoms with E-state index in [0.717, 1.165) is 24.9 Å². The van der Waals surface area contributed by atoms with Crippen LogP contribution in [0.4, 0.5) is 0 Å². The molecule has 76 valence electrons. The molecular formula is C11H16N2O. The highest BCUT2D eigenvalue weighted by molar-refractivity contribution is 5.44. The van der Waals surface area contributed by atoms with Crippen molar-refractivity contribution in [3.63, 3.8) is 0 Å². The summed E-state index contributed by atoms with van der Waals surface area (Å²) in [5.41, 5.74) is 7.77. The van der Waals surface area contributed by atoms with Gasteiger partial charge in [0.05, 0.1) is 0 Å². The maximum Gasteiger partial charge on any atom is 0.120 e. The molecule has 0 saturated heterocycles. The topological polar surface area (TPSA) is 58.3 Å². The second-order valence-corrected chi connectivity index (χ2v) is 3.68. The molecule has 0 fully saturated rings. The van der Waals surface area contributed by atoms with E-state index in [-0.39, 0.29) is 6.04 Å². The number of nitrogens with one attached hydrogen (secondary N) is 1. The number of hydrogen-bond donors (Lipinski definition) is 3. The lowest BCUT2D eigenvalue weighted by Crippen LogP contribution is -2.25. The average Bonchev–Trinajstić information content (AvgIpc) is 2.59. The largest absolute Gasteiger partial charge is 0.508 e. The molecule has 0 aliphatic heterocycles. The Labute approximate surface area is 83.9 Å². The summed E-state index contributed by atoms with van der Waals surface area (Å²) in [6, 6.07) is 6.02. The minimum Gasteiger partial charge on any atom is -0.508 e. The summed E-state index contributed by atoms with van der Waals surface area (Å²) < 4.78 is 0. The predicted molar refractivity (Wildman–Crippen MR) is 56.2 cm³/mol. The average molecular weight is 192 g/mol. The predicted octanol–water partition coefficient (Wildman–Crippen LogP) is 0.928. The zero-order valence-electron chi connectivity index (χ0n) is 8.16. The molecule has 1 atom stereocenters. The van der Waals surface area contributed by atoms with Gasteiger partial charge in [-0.25, -0.2) is 0 Å². The molecule has 1 aliphatic carbocycles. The number of rotatable bonds is 3. The maximum atomic E-state index is 9.73. The van der Waals surface area contributed by atoms with Gasteiger partial charge in [-0.3, -0.25) is 0 Å². The third kappa shape index (κ3) is 1.61. The van der Waals surface area contributed by atoms with Crippen molar-refractivity contribution in [1.29, 1.82) is 0 Å². The third-order valence-corrected chi connectivity index (χ3v) is 2.76. The summed E-state index contributed by atoms with van der Waals surface area (Å²) in [5, 5.41) is 13.1. The molecule has 0 amide bonds. The number of phenols is 1. The van der Waals surface area contributed by atoms with E-state index in [1.807, 2.05) is 6.07 Å². The minimum atomic E-state index is 0.287. The van der Waals surface area contributed by atoms with Crippen LogP contribution < -0.4 is 11.1 Å². The van der Waals surface area contributed by atoms with E-state index in [1.54, 1.807) is 6.07 Å². The minimum absolute atomic E-state index is 0.287. The first kappa shape index (κ1) is 9.49. The summed E-state index contributed by atoms with van der Waals surface area (Å²) in [5.74, 6) is 0.412. The molecule has 0 spiro atoms. The Morgan fingerprint density at radius 3 is 3.14 bits per heavy atom. The Morgan fingerprint density at radius 1 is 1.50 bits per heavy atom. The van der Waals surface area contributed by atoms with Crippen LogP contribution in [0.1, 0.15) is 23.6 Å². The zero-order valence-corrected chi connectivity index (χ0v) is 8.16. The first-order valence-electron chi connectivity index (χ1n) is 5.07. The molecule has 0 aromatic heterocycles. The molecule has 14 heavy (non-hydrogen) atoms. The standard InChI is InChI=1S/C11H16N2O/c12-6-7-13-9-5-4-8-2-1-3-10(14)11(8)9/h1-3,9,13-14H,4-7,12H2. The molecule has 0 radical (unpaired) electrons. The Balaban J connectivity index is 2.20. The molecule has 3 nitrogen and oxygen atoms in total. The Kier molecular flexibility index (Phi) is 2.70. The molecule has 0 saturated carbocycles. The molecule has 1 aliphatic rings. The lowest BCUT2D eigenvalue weighted by molar-refractivity contribution is 0.450. The van der Waals surface area contributed by atoms with Gasteiger partial charge in [-0.05, 0) is 24.5 Å². The monoisotopic (exact) mass is 192 g/mol. The molecule has 1 aromatic rings. The second-order valence-electron chi connectivity index (χ2n) is 3.68. The van der Waals surface area contributed by atoms with Crippen LogP contribution in [0.15, 0.2) is 18.2 Å². The van der Waals surface area contributed by atoms with E-state index in [0.29, 0.717) is 12.3 Å². The Bertz CT molecular complexity index is 325. The molecule has 4 N–H and O–H groups in total. The van der Waals surface area contributed by atoms with Crippen LogP contribution in [0, 0.1) is 0 Å². The zero-order chi connectivity index (χ0) is 9.97. The second kappa shape index (κ2) is 3.98. The van der Waals surface area contributed by atoms with E-state index in [9.17, 15) is 5.11 Å². The van der Waals surface area contributed by atoms with Gasteiger partial charge in [0.1, 0.15) is 5.75 Å². The van der Waals surface area contributed by atoms with Crippen molar-refractivity contribution >= 4 is 0 Å². The fourth-order valence-electron chi connectivity index (χ4n) is 2.13. The fourth-order valence-corrected chi connectivity index (χ4v) is 2.13. The number of benzene rings is 1. The first-order valence-corrected chi connectivity index (χ1v) is 5.07. The van der Waals surface area contributed by atoms with Crippen molar-refractivity contribution in [3.8, 4) is 5.75 Å². The number of aromatic hydroxyl groups is 1. The van der Waals surface area contributed by atoms with Crippen LogP contribution in [0.25, 0.3) is 0 Å². The number of nitrogens with two attached hydrogens (primary N) is 1. The number of hydrogen-bond acceptors (Lipinski definition) is 3. The van der Waals surface area contributed by atoms with E-state index < -0.39 is 0 Å². The summed E-state index contributed by atoms with van der Waals surface area (Å²) in [6.45, 7) is 1.44. The van der Waals surface area contributed by atoms with Crippen molar-refractivity contribution in [3.05, 3.63) is 29.3 Å². The van der Waals surface area contributed by atoms with Crippen LogP contribution in [0.2, 0.25) is 0 Å². The van der Waals surface area contributed by atoms with Gasteiger partial charge < -0.3 is 16.2 Å². The highest BCUT2D eigenvalue weighted by Gasteiger charge is 2.24. The quantitative estimate of drug-likeness (QED) is 0.667. The first-order chi connectivity index (χ1) is 6.83. The van der Waals surface area contributed by atoms with Crippen molar-refractivity contribution < 1.29 is 5.11 Å². The lowest BCUT2D eigenvalue weighted by atomic mass is 10.1. The van der Waals surface area contributed by atoms with Gasteiger partial charge in [0, 0.05) is 24.7 Å². The van der Waals surface area contributed by atoms with E-state index >= 15 is 0 Å². The van der Waals surface area contributed by atoms with Gasteiger partial charge >= 0.3 is 0 Å². The van der Waals surface area contributed by atoms with Gasteiger partial charge in [-0.2, -0.15) is 0 Å². The third-order valence-electron chi connectivity index (χ3n) is 2.76. The molecule has 0 bridgehead atoms. The Hall–Kier alpha value is -1.06. The SMILES string of the molecule is NCCNC1CCc2cccc(O)c21. The lowest BCUT2D eigenvalue weighted by Gasteiger charge is -2.14. The van der Waals surface area contributed by atoms with Crippen LogP contribution in [-0.2, 0) is 6.42 Å². The van der Waals surface area contributed by atoms with E-state index in [4.69, 9.17) is 5.73 Å². The highest BCUT2D eigenvalue weighted by Crippen LogP contribution is 2.36. The summed E-state index contributed by atoms with van der Waals surface area (Å²) in [7, 11) is 0. The van der Waals surface area contributed by atoms with Crippen molar-refractivity contribution in [1.82, 2.24) is 5.32 Å². The number of phenolic OH excluding ortho intramolecular Hbond substituents is 1. The van der Waals surface area contributed by atoms with Crippen LogP contribution >= 0.6 is 0 Å². The van der Waals surface area contributed by atoms with Gasteiger partial charge in [0.25, 0.3) is 0 Å². The van der Waals surface area contributed by atoms with Crippen LogP contribution in [-0.4, -0.2) is 18.2 Å². The van der Waals surface area contributed by atoms with Gasteiger partial charge in [0.15, 0.2) is 0 Å². The van der Waals surface area contributed by atoms with Crippen molar-refractivity contribution in [2.45, 2.75) is 18.9 Å². The van der Waals surface area contributed by atoms with Crippen molar-refractivity contribution in [2.24, 2.45) is 5.73 Å². The van der Waals surface area contributed by atoms with Crippen molar-refractivity contribution in [2.75, 3.05) is 13.1 Å². The molecule has 1 unspecified atom stereocenters. The normalized spacial score (nSPS) is 19.6. The smallest absolute Gasteiger partial charge is 0.120 e. The van der Waals surface area contributed by atoms with Gasteiger partial charge in [-0.15, -0.1) is 0 Å². The van der Waals surface area contributed by atoms with Gasteiger partial charge in [-0.1, -0.05) is 12.1 Å².